The van der Waals surface area contributed by atoms with Crippen molar-refractivity contribution in [3.05, 3.63) is 64.8 Å². The fraction of sp³-hybridized carbons (Fsp3) is 0.400. The summed E-state index contributed by atoms with van der Waals surface area (Å²) in [5, 5.41) is 0. The van der Waals surface area contributed by atoms with Gasteiger partial charge in [-0.1, -0.05) is 19.1 Å². The third kappa shape index (κ3) is 6.37. The number of ether oxygens (including phenoxy) is 3. The van der Waals surface area contributed by atoms with E-state index in [2.05, 4.69) is 23.0 Å². The summed E-state index contributed by atoms with van der Waals surface area (Å²) in [5.74, 6) is 1.18. The van der Waals surface area contributed by atoms with E-state index in [0.717, 1.165) is 38.9 Å². The summed E-state index contributed by atoms with van der Waals surface area (Å²) < 4.78 is 16.8. The molecule has 2 aromatic heterocycles. The van der Waals surface area contributed by atoms with Crippen molar-refractivity contribution in [3.8, 4) is 16.5 Å². The van der Waals surface area contributed by atoms with Gasteiger partial charge in [0, 0.05) is 30.3 Å². The van der Waals surface area contributed by atoms with Gasteiger partial charge in [-0.15, -0.1) is 11.3 Å². The van der Waals surface area contributed by atoms with Crippen molar-refractivity contribution >= 4 is 17.3 Å². The molecule has 0 bridgehead atoms. The van der Waals surface area contributed by atoms with E-state index in [4.69, 9.17) is 14.2 Å². The third-order valence-electron chi connectivity index (χ3n) is 4.94. The third-order valence-corrected chi connectivity index (χ3v) is 6.18. The summed E-state index contributed by atoms with van der Waals surface area (Å²) in [6, 6.07) is 11.8. The fourth-order valence-electron chi connectivity index (χ4n) is 3.18. The van der Waals surface area contributed by atoms with E-state index >= 15 is 0 Å². The van der Waals surface area contributed by atoms with E-state index in [9.17, 15) is 4.79 Å². The molecule has 32 heavy (non-hydrogen) atoms. The van der Waals surface area contributed by atoms with Gasteiger partial charge in [0.1, 0.15) is 11.9 Å². The normalized spacial score (nSPS) is 12.9. The Morgan fingerprint density at radius 2 is 1.69 bits per heavy atom. The van der Waals surface area contributed by atoms with Crippen LogP contribution < -0.4 is 4.74 Å². The van der Waals surface area contributed by atoms with Crippen LogP contribution in [0.5, 0.6) is 5.75 Å². The molecule has 0 fully saturated rings. The Balaban J connectivity index is 1.61. The lowest BCUT2D eigenvalue weighted by Gasteiger charge is -2.16. The van der Waals surface area contributed by atoms with Gasteiger partial charge in [-0.2, -0.15) is 0 Å². The maximum atomic E-state index is 12.1. The zero-order chi connectivity index (χ0) is 22.9. The van der Waals surface area contributed by atoms with Crippen molar-refractivity contribution in [2.75, 3.05) is 13.2 Å². The maximum absolute atomic E-state index is 12.1. The molecule has 0 N–H and O–H groups in total. The molecule has 2 atom stereocenters. The number of carbonyl (C=O) groups excluding carboxylic acids is 1. The molecule has 0 saturated carbocycles. The predicted molar refractivity (Wildman–Crippen MR) is 126 cm³/mol. The number of aromatic nitrogens is 2. The number of thiophene rings is 1. The number of benzene rings is 1. The Bertz CT molecular complexity index is 986. The Kier molecular flexibility index (Phi) is 8.76. The van der Waals surface area contributed by atoms with Crippen molar-refractivity contribution < 1.29 is 19.0 Å². The Morgan fingerprint density at radius 3 is 2.31 bits per heavy atom. The van der Waals surface area contributed by atoms with Crippen LogP contribution in [0, 0.1) is 0 Å². The van der Waals surface area contributed by atoms with Crippen LogP contribution in [0.25, 0.3) is 10.7 Å². The summed E-state index contributed by atoms with van der Waals surface area (Å²) in [7, 11) is 0. The minimum Gasteiger partial charge on any atom is -0.485 e. The van der Waals surface area contributed by atoms with Crippen molar-refractivity contribution in [2.45, 2.75) is 52.7 Å². The first-order valence-electron chi connectivity index (χ1n) is 11.0. The lowest BCUT2D eigenvalue weighted by molar-refractivity contribution is -0.156. The van der Waals surface area contributed by atoms with Gasteiger partial charge in [0.2, 0.25) is 0 Å². The highest BCUT2D eigenvalue weighted by Crippen LogP contribution is 2.32. The van der Waals surface area contributed by atoms with E-state index in [1.807, 2.05) is 56.6 Å². The van der Waals surface area contributed by atoms with Gasteiger partial charge in [-0.25, -0.2) is 14.8 Å². The Morgan fingerprint density at radius 1 is 0.969 bits per heavy atom. The largest absolute Gasteiger partial charge is 0.485 e. The first-order valence-corrected chi connectivity index (χ1v) is 11.8. The van der Waals surface area contributed by atoms with Crippen LogP contribution in [-0.2, 0) is 27.1 Å². The van der Waals surface area contributed by atoms with Crippen LogP contribution in [0.15, 0.2) is 48.8 Å². The van der Waals surface area contributed by atoms with E-state index in [0.29, 0.717) is 19.6 Å². The van der Waals surface area contributed by atoms with Crippen molar-refractivity contribution in [3.63, 3.8) is 0 Å². The van der Waals surface area contributed by atoms with Crippen molar-refractivity contribution in [2.24, 2.45) is 0 Å². The van der Waals surface area contributed by atoms with Crippen LogP contribution >= 0.6 is 11.3 Å². The number of hydrogen-bond acceptors (Lipinski definition) is 7. The second-order valence-electron chi connectivity index (χ2n) is 7.27. The molecular formula is C25H30N2O4S. The van der Waals surface area contributed by atoms with E-state index in [-0.39, 0.29) is 12.1 Å². The molecule has 0 amide bonds. The molecule has 6 nitrogen and oxygen atoms in total. The fourth-order valence-corrected chi connectivity index (χ4v) is 4.12. The molecule has 3 aromatic rings. The first kappa shape index (κ1) is 23.9. The van der Waals surface area contributed by atoms with Gasteiger partial charge in [-0.3, -0.25) is 0 Å². The predicted octanol–water partition coefficient (Wildman–Crippen LogP) is 5.42. The summed E-state index contributed by atoms with van der Waals surface area (Å²) in [4.78, 5) is 23.1. The van der Waals surface area contributed by atoms with Gasteiger partial charge in [-0.05, 0) is 62.6 Å². The van der Waals surface area contributed by atoms with Gasteiger partial charge in [0.05, 0.1) is 11.5 Å². The lowest BCUT2D eigenvalue weighted by Crippen LogP contribution is -2.28. The maximum Gasteiger partial charge on any atom is 0.335 e. The summed E-state index contributed by atoms with van der Waals surface area (Å²) >= 11 is 1.63. The number of rotatable bonds is 11. The SMILES string of the molecule is CCOC(=O)C(Cc1ccc(OC(C)c2ccc(-c3ncc(CC)cn3)s2)cc1)OCC. The number of esters is 1. The molecular weight excluding hydrogens is 424 g/mol. The van der Waals surface area contributed by atoms with E-state index in [1.165, 1.54) is 0 Å². The summed E-state index contributed by atoms with van der Waals surface area (Å²) in [6.45, 7) is 8.57. The molecule has 0 spiro atoms. The van der Waals surface area contributed by atoms with Crippen LogP contribution in [0.3, 0.4) is 0 Å². The molecule has 1 aromatic carbocycles. The average molecular weight is 455 g/mol. The van der Waals surface area contributed by atoms with Crippen molar-refractivity contribution in [1.29, 1.82) is 0 Å². The van der Waals surface area contributed by atoms with Crippen LogP contribution in [0.1, 0.15) is 49.8 Å². The van der Waals surface area contributed by atoms with Crippen LogP contribution in [0.4, 0.5) is 0 Å². The zero-order valence-corrected chi connectivity index (χ0v) is 19.9. The first-order chi connectivity index (χ1) is 15.5. The molecule has 0 aliphatic rings. The minimum atomic E-state index is -0.594. The van der Waals surface area contributed by atoms with Gasteiger partial charge < -0.3 is 14.2 Å². The molecule has 0 radical (unpaired) electrons. The highest BCUT2D eigenvalue weighted by Gasteiger charge is 2.20. The smallest absolute Gasteiger partial charge is 0.335 e. The molecule has 2 unspecified atom stereocenters. The molecule has 0 saturated heterocycles. The summed E-state index contributed by atoms with van der Waals surface area (Å²) in [6.07, 6.45) is 4.44. The standard InChI is InChI=1S/C25H30N2O4S/c1-5-18-15-26-24(27-16-18)23-13-12-22(32-23)17(4)31-20-10-8-19(9-11-20)14-21(29-6-2)25(28)30-7-3/h8-13,15-17,21H,5-7,14H2,1-4H3. The quantitative estimate of drug-likeness (QED) is 0.360. The van der Waals surface area contributed by atoms with Gasteiger partial charge in [0.15, 0.2) is 11.9 Å². The van der Waals surface area contributed by atoms with Crippen LogP contribution in [-0.4, -0.2) is 35.3 Å². The van der Waals surface area contributed by atoms with Gasteiger partial charge >= 0.3 is 5.97 Å². The number of aryl methyl sites for hydroxylation is 1. The highest BCUT2D eigenvalue weighted by molar-refractivity contribution is 7.15. The Hall–Kier alpha value is -2.77. The van der Waals surface area contributed by atoms with E-state index in [1.54, 1.807) is 18.3 Å². The van der Waals surface area contributed by atoms with Gasteiger partial charge in [0.25, 0.3) is 0 Å². The Labute approximate surface area is 193 Å². The highest BCUT2D eigenvalue weighted by atomic mass is 32.1. The molecule has 170 valence electrons. The monoisotopic (exact) mass is 454 g/mol. The summed E-state index contributed by atoms with van der Waals surface area (Å²) in [5.41, 5.74) is 2.11. The second kappa shape index (κ2) is 11.7. The minimum absolute atomic E-state index is 0.106. The lowest BCUT2D eigenvalue weighted by atomic mass is 10.1. The second-order valence-corrected chi connectivity index (χ2v) is 8.39. The zero-order valence-electron chi connectivity index (χ0n) is 19.0. The average Bonchev–Trinajstić information content (AvgIpc) is 3.31. The molecule has 0 aliphatic carbocycles. The topological polar surface area (TPSA) is 70.5 Å². The van der Waals surface area contributed by atoms with E-state index < -0.39 is 6.10 Å². The molecule has 2 heterocycles. The van der Waals surface area contributed by atoms with Crippen molar-refractivity contribution in [1.82, 2.24) is 9.97 Å². The molecule has 3 rings (SSSR count). The molecule has 7 heteroatoms. The van der Waals surface area contributed by atoms with Crippen LogP contribution in [0.2, 0.25) is 0 Å². The molecule has 0 aliphatic heterocycles. The number of nitrogens with zero attached hydrogens (tertiary/aromatic N) is 2. The number of carbonyl (C=O) groups is 1. The number of hydrogen-bond donors (Lipinski definition) is 0.